The van der Waals surface area contributed by atoms with Crippen LogP contribution < -0.4 is 10.1 Å². The van der Waals surface area contributed by atoms with E-state index in [0.717, 1.165) is 48.2 Å². The third-order valence-corrected chi connectivity index (χ3v) is 7.11. The Labute approximate surface area is 209 Å². The van der Waals surface area contributed by atoms with Crippen molar-refractivity contribution in [1.29, 1.82) is 0 Å². The number of carbonyl (C=O) groups is 2. The van der Waals surface area contributed by atoms with Gasteiger partial charge >= 0.3 is 0 Å². The van der Waals surface area contributed by atoms with Crippen molar-refractivity contribution in [3.63, 3.8) is 0 Å². The van der Waals surface area contributed by atoms with Gasteiger partial charge in [-0.3, -0.25) is 9.59 Å². The van der Waals surface area contributed by atoms with Crippen molar-refractivity contribution >= 4 is 34.1 Å². The molecule has 8 nitrogen and oxygen atoms in total. The van der Waals surface area contributed by atoms with Gasteiger partial charge in [-0.15, -0.1) is 11.3 Å². The van der Waals surface area contributed by atoms with Crippen LogP contribution in [-0.2, 0) is 4.74 Å². The van der Waals surface area contributed by atoms with E-state index >= 15 is 0 Å². The van der Waals surface area contributed by atoms with Gasteiger partial charge in [0.1, 0.15) is 17.1 Å². The van der Waals surface area contributed by atoms with Gasteiger partial charge in [0.15, 0.2) is 0 Å². The minimum atomic E-state index is -0.146. The smallest absolute Gasteiger partial charge is 0.272 e. The van der Waals surface area contributed by atoms with Crippen molar-refractivity contribution in [2.24, 2.45) is 0 Å². The number of nitrogens with one attached hydrogen (secondary N) is 1. The number of rotatable bonds is 10. The minimum absolute atomic E-state index is 0.0883. The summed E-state index contributed by atoms with van der Waals surface area (Å²) >= 11 is 1.52. The van der Waals surface area contributed by atoms with Gasteiger partial charge in [0, 0.05) is 55.6 Å². The lowest BCUT2D eigenvalue weighted by Crippen LogP contribution is -2.38. The molecule has 0 unspecified atom stereocenters. The van der Waals surface area contributed by atoms with Gasteiger partial charge in [-0.25, -0.2) is 9.97 Å². The normalized spacial score (nSPS) is 14.3. The number of thiazole rings is 1. The van der Waals surface area contributed by atoms with Crippen molar-refractivity contribution in [3.8, 4) is 5.75 Å². The maximum absolute atomic E-state index is 13.2. The number of ether oxygens (including phenoxy) is 2. The maximum atomic E-state index is 13.2. The highest BCUT2D eigenvalue weighted by Crippen LogP contribution is 2.31. The second-order valence-corrected chi connectivity index (χ2v) is 9.48. The molecule has 186 valence electrons. The average Bonchev–Trinajstić information content (AvgIpc) is 3.40. The first-order chi connectivity index (χ1) is 17.1. The zero-order valence-electron chi connectivity index (χ0n) is 20.3. The van der Waals surface area contributed by atoms with Crippen LogP contribution >= 0.6 is 11.3 Å². The largest absolute Gasteiger partial charge is 0.496 e. The summed E-state index contributed by atoms with van der Waals surface area (Å²) in [7, 11) is 1.60. The molecule has 0 atom stereocenters. The second-order valence-electron chi connectivity index (χ2n) is 8.59. The minimum Gasteiger partial charge on any atom is -0.496 e. The first-order valence-electron chi connectivity index (χ1n) is 12.1. The molecule has 4 rings (SSSR count). The molecule has 35 heavy (non-hydrogen) atoms. The van der Waals surface area contributed by atoms with E-state index in [9.17, 15) is 9.59 Å². The summed E-state index contributed by atoms with van der Waals surface area (Å²) in [4.78, 5) is 36.6. The predicted octanol–water partition coefficient (Wildman–Crippen LogP) is 4.27. The molecule has 1 saturated heterocycles. The van der Waals surface area contributed by atoms with Crippen molar-refractivity contribution in [3.05, 3.63) is 52.1 Å². The first-order valence-corrected chi connectivity index (χ1v) is 13.0. The van der Waals surface area contributed by atoms with Gasteiger partial charge in [-0.1, -0.05) is 19.1 Å². The Kier molecular flexibility index (Phi) is 8.65. The Balaban J connectivity index is 1.31. The fourth-order valence-corrected chi connectivity index (χ4v) is 5.18. The van der Waals surface area contributed by atoms with Crippen LogP contribution in [0.5, 0.6) is 5.75 Å². The molecule has 0 bridgehead atoms. The van der Waals surface area contributed by atoms with Gasteiger partial charge in [0.2, 0.25) is 0 Å². The first kappa shape index (κ1) is 25.1. The molecule has 3 aromatic rings. The van der Waals surface area contributed by atoms with Gasteiger partial charge in [0.05, 0.1) is 17.6 Å². The van der Waals surface area contributed by atoms with E-state index in [-0.39, 0.29) is 17.7 Å². The number of nitrogens with zero attached hydrogens (tertiary/aromatic N) is 3. The van der Waals surface area contributed by atoms with Crippen LogP contribution in [-0.4, -0.2) is 66.6 Å². The third-order valence-electron chi connectivity index (χ3n) is 6.10. The monoisotopic (exact) mass is 496 g/mol. The molecule has 1 aliphatic heterocycles. The van der Waals surface area contributed by atoms with E-state index in [0.29, 0.717) is 43.4 Å². The molecule has 0 saturated carbocycles. The number of carbonyl (C=O) groups excluding carboxylic acids is 2. The number of methoxy groups -OCH3 is 1. The van der Waals surface area contributed by atoms with Crippen LogP contribution in [0.4, 0.5) is 0 Å². The van der Waals surface area contributed by atoms with Crippen molar-refractivity contribution in [1.82, 2.24) is 20.2 Å². The highest BCUT2D eigenvalue weighted by atomic mass is 32.1. The zero-order chi connectivity index (χ0) is 24.6. The molecule has 2 amide bonds. The molecule has 1 fully saturated rings. The van der Waals surface area contributed by atoms with Crippen LogP contribution in [0.2, 0.25) is 0 Å². The summed E-state index contributed by atoms with van der Waals surface area (Å²) in [5.41, 5.74) is 1.60. The summed E-state index contributed by atoms with van der Waals surface area (Å²) in [5, 5.41) is 6.57. The van der Waals surface area contributed by atoms with Gasteiger partial charge in [-0.05, 0) is 37.8 Å². The number of para-hydroxylation sites is 1. The van der Waals surface area contributed by atoms with Crippen molar-refractivity contribution in [2.75, 3.05) is 40.0 Å². The fourth-order valence-electron chi connectivity index (χ4n) is 4.21. The predicted molar refractivity (Wildman–Crippen MR) is 136 cm³/mol. The molecular weight excluding hydrogens is 464 g/mol. The Morgan fingerprint density at radius 1 is 1.14 bits per heavy atom. The van der Waals surface area contributed by atoms with Crippen LogP contribution in [0.1, 0.15) is 64.5 Å². The van der Waals surface area contributed by atoms with Crippen molar-refractivity contribution < 1.29 is 19.1 Å². The van der Waals surface area contributed by atoms with Gasteiger partial charge in [0.25, 0.3) is 11.8 Å². The van der Waals surface area contributed by atoms with E-state index in [2.05, 4.69) is 22.2 Å². The molecule has 1 aliphatic rings. The summed E-state index contributed by atoms with van der Waals surface area (Å²) < 4.78 is 10.9. The lowest BCUT2D eigenvalue weighted by atomic mass is 9.97. The fraction of sp³-hybridized carbons (Fsp3) is 0.462. The summed E-state index contributed by atoms with van der Waals surface area (Å²) in [6.07, 6.45) is 3.39. The van der Waals surface area contributed by atoms with Crippen LogP contribution in [0.25, 0.3) is 10.9 Å². The number of piperidine rings is 1. The number of pyridine rings is 1. The number of amides is 2. The quantitative estimate of drug-likeness (QED) is 0.422. The molecule has 0 radical (unpaired) electrons. The number of aromatic nitrogens is 2. The highest BCUT2D eigenvalue weighted by molar-refractivity contribution is 7.09. The molecular formula is C26H32N4O4S. The number of benzene rings is 1. The summed E-state index contributed by atoms with van der Waals surface area (Å²) in [5.74, 6) is 0.657. The molecule has 1 aromatic carbocycles. The highest BCUT2D eigenvalue weighted by Gasteiger charge is 2.28. The van der Waals surface area contributed by atoms with Crippen LogP contribution in [0.3, 0.4) is 0 Å². The standard InChI is InChI=1S/C26H32N4O4S/c1-3-14-34-15-6-11-27-24(31)22-17-35-25(29-22)18-9-12-30(13-10-18)26(32)21-16-23(33-2)19-7-4-5-8-20(19)28-21/h4-5,7-8,16-18H,3,6,9-15H2,1-2H3,(H,27,31). The Morgan fingerprint density at radius 3 is 2.71 bits per heavy atom. The maximum Gasteiger partial charge on any atom is 0.272 e. The van der Waals surface area contributed by atoms with E-state index in [4.69, 9.17) is 9.47 Å². The van der Waals surface area contributed by atoms with E-state index in [1.807, 2.05) is 34.5 Å². The SMILES string of the molecule is CCCOCCCNC(=O)c1csc(C2CCN(C(=O)c3cc(OC)c4ccccc4n3)CC2)n1. The topological polar surface area (TPSA) is 93.7 Å². The molecule has 1 N–H and O–H groups in total. The summed E-state index contributed by atoms with van der Waals surface area (Å²) in [6.45, 7) is 5.29. The molecule has 0 aliphatic carbocycles. The van der Waals surface area contributed by atoms with E-state index in [1.165, 1.54) is 11.3 Å². The average molecular weight is 497 g/mol. The number of likely N-dealkylation sites (tertiary alicyclic amines) is 1. The Bertz CT molecular complexity index is 1160. The lowest BCUT2D eigenvalue weighted by Gasteiger charge is -2.31. The lowest BCUT2D eigenvalue weighted by molar-refractivity contribution is 0.0707. The van der Waals surface area contributed by atoms with Crippen LogP contribution in [0.15, 0.2) is 35.7 Å². The second kappa shape index (κ2) is 12.1. The number of hydrogen-bond acceptors (Lipinski definition) is 7. The molecule has 9 heteroatoms. The number of fused-ring (bicyclic) bond motifs is 1. The summed E-state index contributed by atoms with van der Waals surface area (Å²) in [6, 6.07) is 9.37. The number of hydrogen-bond donors (Lipinski definition) is 1. The van der Waals surface area contributed by atoms with Gasteiger partial charge < -0.3 is 19.7 Å². The van der Waals surface area contributed by atoms with Crippen LogP contribution in [0, 0.1) is 0 Å². The molecule has 3 heterocycles. The third kappa shape index (κ3) is 6.15. The Hall–Kier alpha value is -3.04. The van der Waals surface area contributed by atoms with Gasteiger partial charge in [-0.2, -0.15) is 0 Å². The van der Waals surface area contributed by atoms with Crippen molar-refractivity contribution in [2.45, 2.75) is 38.5 Å². The Morgan fingerprint density at radius 2 is 1.94 bits per heavy atom. The molecule has 0 spiro atoms. The zero-order valence-corrected chi connectivity index (χ0v) is 21.1. The molecule has 2 aromatic heterocycles. The van der Waals surface area contributed by atoms with E-state index < -0.39 is 0 Å². The van der Waals surface area contributed by atoms with E-state index in [1.54, 1.807) is 13.2 Å².